The molecule has 0 saturated carbocycles. The van der Waals surface area contributed by atoms with Crippen molar-refractivity contribution in [2.24, 2.45) is 0 Å². The zero-order chi connectivity index (χ0) is 25.8. The van der Waals surface area contributed by atoms with Gasteiger partial charge in [0.05, 0.1) is 21.3 Å². The molecule has 2 heterocycles. The Bertz CT molecular complexity index is 1370. The van der Waals surface area contributed by atoms with Crippen LogP contribution in [0.25, 0.3) is 10.2 Å². The number of hydrogen-bond acceptors (Lipinski definition) is 8. The summed E-state index contributed by atoms with van der Waals surface area (Å²) >= 11 is 1.57. The number of carbonyl (C=O) groups is 1. The number of rotatable bonds is 5. The molecule has 4 rings (SSSR count). The van der Waals surface area contributed by atoms with Gasteiger partial charge < -0.3 is 15.3 Å². The first-order chi connectivity index (χ1) is 16.4. The smallest absolute Gasteiger partial charge is 0.475 e. The predicted molar refractivity (Wildman–Crippen MR) is 127 cm³/mol. The van der Waals surface area contributed by atoms with E-state index in [0.29, 0.717) is 11.9 Å². The van der Waals surface area contributed by atoms with Crippen molar-refractivity contribution in [1.82, 2.24) is 19.9 Å². The number of nitrogens with one attached hydrogen (secondary N) is 2. The van der Waals surface area contributed by atoms with Gasteiger partial charge in [-0.25, -0.2) is 14.6 Å². The van der Waals surface area contributed by atoms with Crippen LogP contribution in [-0.4, -0.2) is 44.2 Å². The fourth-order valence-corrected chi connectivity index (χ4v) is 3.68. The van der Waals surface area contributed by atoms with Gasteiger partial charge in [-0.3, -0.25) is 4.98 Å². The number of anilines is 3. The average molecular weight is 507 g/mol. The number of thiazole rings is 1. The third-order valence-corrected chi connectivity index (χ3v) is 5.60. The first-order valence-corrected chi connectivity index (χ1v) is 10.9. The van der Waals surface area contributed by atoms with Crippen LogP contribution in [0.15, 0.2) is 58.8 Å². The van der Waals surface area contributed by atoms with Crippen molar-refractivity contribution in [3.05, 3.63) is 70.1 Å². The molecule has 3 N–H and O–H groups in total. The summed E-state index contributed by atoms with van der Waals surface area (Å²) in [5.41, 5.74) is 3.85. The summed E-state index contributed by atoms with van der Waals surface area (Å²) in [6.45, 7) is 4.06. The zero-order valence-corrected chi connectivity index (χ0v) is 19.6. The number of nitrogens with zero attached hydrogens (tertiary/aromatic N) is 4. The van der Waals surface area contributed by atoms with Crippen molar-refractivity contribution in [2.45, 2.75) is 25.6 Å². The summed E-state index contributed by atoms with van der Waals surface area (Å²) in [4.78, 5) is 38.4. The Labute approximate surface area is 201 Å². The maximum atomic E-state index is 12.2. The highest BCUT2D eigenvalue weighted by Gasteiger charge is 2.38. The van der Waals surface area contributed by atoms with Gasteiger partial charge in [0.25, 0.3) is 0 Å². The lowest BCUT2D eigenvalue weighted by Gasteiger charge is -2.27. The molecule has 35 heavy (non-hydrogen) atoms. The van der Waals surface area contributed by atoms with Crippen LogP contribution in [0.4, 0.5) is 30.8 Å². The highest BCUT2D eigenvalue weighted by molar-refractivity contribution is 7.16. The molecule has 0 unspecified atom stereocenters. The number of aromatic nitrogens is 4. The van der Waals surface area contributed by atoms with Crippen LogP contribution < -0.4 is 15.9 Å². The Balaban J connectivity index is 0.000000429. The topological polar surface area (TPSA) is 124 Å². The molecule has 4 aromatic rings. The highest BCUT2D eigenvalue weighted by atomic mass is 32.1. The number of halogens is 3. The first kappa shape index (κ1) is 25.6. The van der Waals surface area contributed by atoms with Gasteiger partial charge >= 0.3 is 17.8 Å². The van der Waals surface area contributed by atoms with Crippen molar-refractivity contribution >= 4 is 45.1 Å². The van der Waals surface area contributed by atoms with Crippen LogP contribution in [-0.2, 0) is 10.3 Å². The number of aliphatic carboxylic acids is 1. The summed E-state index contributed by atoms with van der Waals surface area (Å²) in [5.74, 6) is -2.07. The van der Waals surface area contributed by atoms with E-state index in [1.54, 1.807) is 16.2 Å². The van der Waals surface area contributed by atoms with Gasteiger partial charge in [-0.15, -0.1) is 11.3 Å². The standard InChI is InChI=1S/C20H20N6OS.C2HF3O2/c1-20(2,13-7-5-4-6-8-13)25-17-22-18(24-19(27)23-17)26(3)14-9-10-15-16(11-14)28-12-21-15;3-2(4,5)1(6)7/h4-12H,1-3H3,(H2,22,23,24,25,27);(H,6,7). The van der Waals surface area contributed by atoms with E-state index in [1.165, 1.54) is 0 Å². The largest absolute Gasteiger partial charge is 0.490 e. The van der Waals surface area contributed by atoms with E-state index in [0.717, 1.165) is 21.5 Å². The second-order valence-electron chi connectivity index (χ2n) is 7.78. The summed E-state index contributed by atoms with van der Waals surface area (Å²) < 4.78 is 32.8. The van der Waals surface area contributed by atoms with Crippen molar-refractivity contribution in [3.63, 3.8) is 0 Å². The van der Waals surface area contributed by atoms with E-state index >= 15 is 0 Å². The summed E-state index contributed by atoms with van der Waals surface area (Å²) in [6, 6.07) is 15.9. The summed E-state index contributed by atoms with van der Waals surface area (Å²) in [6.07, 6.45) is -5.08. The van der Waals surface area contributed by atoms with Gasteiger partial charge in [0, 0.05) is 12.7 Å². The van der Waals surface area contributed by atoms with Crippen LogP contribution in [0.3, 0.4) is 0 Å². The minimum atomic E-state index is -5.08. The summed E-state index contributed by atoms with van der Waals surface area (Å²) in [7, 11) is 1.84. The zero-order valence-electron chi connectivity index (χ0n) is 18.8. The van der Waals surface area contributed by atoms with Gasteiger partial charge in [0.15, 0.2) is 0 Å². The molecule has 0 aliphatic rings. The van der Waals surface area contributed by atoms with Gasteiger partial charge in [0.1, 0.15) is 0 Å². The molecule has 0 radical (unpaired) electrons. The van der Waals surface area contributed by atoms with Crippen LogP contribution in [0.1, 0.15) is 19.4 Å². The fraction of sp³-hybridized carbons (Fsp3) is 0.227. The molecule has 0 atom stereocenters. The molecule has 13 heteroatoms. The normalized spacial score (nSPS) is 11.5. The number of alkyl halides is 3. The van der Waals surface area contributed by atoms with Gasteiger partial charge in [0.2, 0.25) is 11.9 Å². The van der Waals surface area contributed by atoms with Crippen molar-refractivity contribution in [2.75, 3.05) is 17.3 Å². The SMILES string of the molecule is CN(c1ccc2ncsc2c1)c1nc(NC(C)(C)c2ccccc2)[nH]c(=O)n1.O=C(O)C(F)(F)F. The number of hydrogen-bond donors (Lipinski definition) is 3. The molecular formula is C22H21F3N6O3S. The van der Waals surface area contributed by atoms with E-state index in [4.69, 9.17) is 9.90 Å². The van der Waals surface area contributed by atoms with Crippen LogP contribution >= 0.6 is 11.3 Å². The van der Waals surface area contributed by atoms with Crippen LogP contribution in [0, 0.1) is 0 Å². The monoisotopic (exact) mass is 506 g/mol. The molecule has 0 aliphatic carbocycles. The number of carboxylic acid groups (broad SMARTS) is 1. The lowest BCUT2D eigenvalue weighted by molar-refractivity contribution is -0.192. The van der Waals surface area contributed by atoms with E-state index in [1.807, 2.05) is 74.9 Å². The molecule has 0 amide bonds. The maximum absolute atomic E-state index is 12.2. The molecule has 0 saturated heterocycles. The number of H-pyrrole nitrogens is 1. The van der Waals surface area contributed by atoms with Crippen molar-refractivity contribution < 1.29 is 23.1 Å². The Morgan fingerprint density at radius 2 is 1.77 bits per heavy atom. The highest BCUT2D eigenvalue weighted by Crippen LogP contribution is 2.28. The molecule has 0 spiro atoms. The molecule has 0 fully saturated rings. The lowest BCUT2D eigenvalue weighted by Crippen LogP contribution is -2.31. The van der Waals surface area contributed by atoms with Crippen molar-refractivity contribution in [3.8, 4) is 0 Å². The minimum Gasteiger partial charge on any atom is -0.475 e. The second kappa shape index (κ2) is 10.1. The lowest BCUT2D eigenvalue weighted by atomic mass is 9.95. The Hall–Kier alpha value is -4.00. The first-order valence-electron chi connectivity index (χ1n) is 10.1. The Morgan fingerprint density at radius 1 is 1.11 bits per heavy atom. The molecule has 9 nitrogen and oxygen atoms in total. The second-order valence-corrected chi connectivity index (χ2v) is 8.67. The Morgan fingerprint density at radius 3 is 2.40 bits per heavy atom. The van der Waals surface area contributed by atoms with Crippen LogP contribution in [0.2, 0.25) is 0 Å². The van der Waals surface area contributed by atoms with Gasteiger partial charge in [-0.05, 0) is 37.6 Å². The molecule has 0 aliphatic heterocycles. The Kier molecular flexibility index (Phi) is 7.39. The average Bonchev–Trinajstić information content (AvgIpc) is 3.26. The van der Waals surface area contributed by atoms with E-state index in [2.05, 4.69) is 25.3 Å². The third-order valence-electron chi connectivity index (χ3n) is 4.81. The van der Waals surface area contributed by atoms with Crippen LogP contribution in [0.5, 0.6) is 0 Å². The maximum Gasteiger partial charge on any atom is 0.490 e. The van der Waals surface area contributed by atoms with Gasteiger partial charge in [-0.2, -0.15) is 23.1 Å². The third kappa shape index (κ3) is 6.53. The summed E-state index contributed by atoms with van der Waals surface area (Å²) in [5, 5.41) is 10.4. The van der Waals surface area contributed by atoms with E-state index < -0.39 is 23.4 Å². The molecule has 0 bridgehead atoms. The molecular weight excluding hydrogens is 485 g/mol. The molecule has 2 aromatic carbocycles. The van der Waals surface area contributed by atoms with Gasteiger partial charge in [-0.1, -0.05) is 30.3 Å². The molecule has 184 valence electrons. The van der Waals surface area contributed by atoms with E-state index in [-0.39, 0.29) is 0 Å². The predicted octanol–water partition coefficient (Wildman–Crippen LogP) is 4.52. The fourth-order valence-electron chi connectivity index (χ4n) is 2.97. The van der Waals surface area contributed by atoms with E-state index in [9.17, 15) is 18.0 Å². The minimum absolute atomic E-state index is 0.318. The number of carboxylic acids is 1. The molecule has 2 aromatic heterocycles. The number of benzene rings is 2. The number of fused-ring (bicyclic) bond motifs is 1. The quantitative estimate of drug-likeness (QED) is 0.361. The number of aromatic amines is 1. The van der Waals surface area contributed by atoms with Crippen molar-refractivity contribution in [1.29, 1.82) is 0 Å².